The molecule has 0 spiro atoms. The van der Waals surface area contributed by atoms with Crippen molar-refractivity contribution in [3.05, 3.63) is 69.4 Å². The van der Waals surface area contributed by atoms with Crippen LogP contribution in [0.25, 0.3) is 0 Å². The molecular formula is C15H13BrF3NO. The first-order valence-corrected chi connectivity index (χ1v) is 7.02. The molecule has 112 valence electrons. The van der Waals surface area contributed by atoms with Gasteiger partial charge in [-0.2, -0.15) is 0 Å². The molecule has 0 aromatic heterocycles. The number of benzene rings is 2. The van der Waals surface area contributed by atoms with Crippen molar-refractivity contribution < 1.29 is 18.3 Å². The van der Waals surface area contributed by atoms with E-state index in [-0.39, 0.29) is 12.1 Å². The van der Waals surface area contributed by atoms with Crippen LogP contribution in [-0.4, -0.2) is 11.7 Å². The van der Waals surface area contributed by atoms with Crippen molar-refractivity contribution in [3.63, 3.8) is 0 Å². The minimum Gasteiger partial charge on any atom is -0.388 e. The molecule has 0 radical (unpaired) electrons. The summed E-state index contributed by atoms with van der Waals surface area (Å²) in [5, 5.41) is 10.3. The van der Waals surface area contributed by atoms with E-state index < -0.39 is 29.5 Å². The minimum absolute atomic E-state index is 0.0578. The highest BCUT2D eigenvalue weighted by molar-refractivity contribution is 9.10. The van der Waals surface area contributed by atoms with Crippen LogP contribution >= 0.6 is 15.9 Å². The molecular weight excluding hydrogens is 347 g/mol. The van der Waals surface area contributed by atoms with Crippen LogP contribution in [-0.2, 0) is 0 Å². The third kappa shape index (κ3) is 3.28. The summed E-state index contributed by atoms with van der Waals surface area (Å²) in [6, 6.07) is 8.65. The van der Waals surface area contributed by atoms with E-state index in [1.165, 1.54) is 0 Å². The second-order valence-electron chi connectivity index (χ2n) is 4.61. The molecule has 6 heteroatoms. The van der Waals surface area contributed by atoms with E-state index in [9.17, 15) is 18.3 Å². The molecule has 2 atom stereocenters. The van der Waals surface area contributed by atoms with Crippen molar-refractivity contribution in [2.24, 2.45) is 5.73 Å². The fourth-order valence-electron chi connectivity index (χ4n) is 2.18. The first-order valence-electron chi connectivity index (χ1n) is 6.22. The van der Waals surface area contributed by atoms with Crippen LogP contribution in [0, 0.1) is 17.5 Å². The highest BCUT2D eigenvalue weighted by Gasteiger charge is 2.25. The van der Waals surface area contributed by atoms with Crippen LogP contribution in [0.1, 0.15) is 23.1 Å². The van der Waals surface area contributed by atoms with Crippen molar-refractivity contribution in [1.82, 2.24) is 0 Å². The molecule has 0 saturated heterocycles. The molecule has 0 heterocycles. The molecule has 0 aliphatic heterocycles. The van der Waals surface area contributed by atoms with E-state index >= 15 is 0 Å². The van der Waals surface area contributed by atoms with Gasteiger partial charge in [0.05, 0.1) is 6.10 Å². The Labute approximate surface area is 128 Å². The first kappa shape index (κ1) is 16.0. The standard InChI is InChI=1S/C15H13BrF3NO/c16-11-4-2-1-3-9(11)10(7-20)15(21)8-5-12(17)14(19)13(18)6-8/h1-6,10,15,21H,7,20H2. The van der Waals surface area contributed by atoms with E-state index in [1.54, 1.807) is 24.3 Å². The van der Waals surface area contributed by atoms with Gasteiger partial charge in [0.1, 0.15) is 0 Å². The fraction of sp³-hybridized carbons (Fsp3) is 0.200. The van der Waals surface area contributed by atoms with Crippen molar-refractivity contribution in [1.29, 1.82) is 0 Å². The van der Waals surface area contributed by atoms with E-state index in [0.29, 0.717) is 5.56 Å². The van der Waals surface area contributed by atoms with Crippen LogP contribution in [0.3, 0.4) is 0 Å². The molecule has 0 bridgehead atoms. The van der Waals surface area contributed by atoms with Gasteiger partial charge in [0.2, 0.25) is 0 Å². The third-order valence-electron chi connectivity index (χ3n) is 3.29. The lowest BCUT2D eigenvalue weighted by Gasteiger charge is -2.23. The SMILES string of the molecule is NCC(c1ccccc1Br)C(O)c1cc(F)c(F)c(F)c1. The predicted molar refractivity (Wildman–Crippen MR) is 77.2 cm³/mol. The molecule has 0 aliphatic rings. The van der Waals surface area contributed by atoms with Crippen molar-refractivity contribution in [2.45, 2.75) is 12.0 Å². The molecule has 2 rings (SSSR count). The maximum atomic E-state index is 13.3. The zero-order valence-electron chi connectivity index (χ0n) is 10.9. The molecule has 0 fully saturated rings. The maximum Gasteiger partial charge on any atom is 0.194 e. The van der Waals surface area contributed by atoms with Crippen LogP contribution in [0.2, 0.25) is 0 Å². The number of rotatable bonds is 4. The molecule has 0 aliphatic carbocycles. The molecule has 0 amide bonds. The zero-order chi connectivity index (χ0) is 15.6. The Kier molecular flexibility index (Phi) is 5.03. The zero-order valence-corrected chi connectivity index (χ0v) is 12.4. The van der Waals surface area contributed by atoms with Crippen LogP contribution in [0.5, 0.6) is 0 Å². The largest absolute Gasteiger partial charge is 0.388 e. The summed E-state index contributed by atoms with van der Waals surface area (Å²) in [6.07, 6.45) is -1.25. The number of halogens is 4. The van der Waals surface area contributed by atoms with E-state index in [4.69, 9.17) is 5.73 Å². The number of aliphatic hydroxyl groups excluding tert-OH is 1. The lowest BCUT2D eigenvalue weighted by atomic mass is 9.89. The summed E-state index contributed by atoms with van der Waals surface area (Å²) in [7, 11) is 0. The smallest absolute Gasteiger partial charge is 0.194 e. The Morgan fingerprint density at radius 3 is 2.19 bits per heavy atom. The second-order valence-corrected chi connectivity index (χ2v) is 5.46. The van der Waals surface area contributed by atoms with Gasteiger partial charge in [-0.25, -0.2) is 13.2 Å². The van der Waals surface area contributed by atoms with Gasteiger partial charge >= 0.3 is 0 Å². The van der Waals surface area contributed by atoms with E-state index in [2.05, 4.69) is 15.9 Å². The maximum absolute atomic E-state index is 13.3. The van der Waals surface area contributed by atoms with Crippen LogP contribution in [0.15, 0.2) is 40.9 Å². The average Bonchev–Trinajstić information content (AvgIpc) is 2.46. The van der Waals surface area contributed by atoms with Gasteiger partial charge in [-0.05, 0) is 29.3 Å². The molecule has 2 unspecified atom stereocenters. The molecule has 3 N–H and O–H groups in total. The molecule has 2 aromatic rings. The van der Waals surface area contributed by atoms with E-state index in [1.807, 2.05) is 0 Å². The van der Waals surface area contributed by atoms with Gasteiger partial charge in [-0.3, -0.25) is 0 Å². The van der Waals surface area contributed by atoms with E-state index in [0.717, 1.165) is 16.6 Å². The van der Waals surface area contributed by atoms with Gasteiger partial charge in [-0.15, -0.1) is 0 Å². The van der Waals surface area contributed by atoms with Gasteiger partial charge in [0, 0.05) is 16.9 Å². The summed E-state index contributed by atoms with van der Waals surface area (Å²) in [6.45, 7) is 0.0599. The van der Waals surface area contributed by atoms with Crippen LogP contribution in [0.4, 0.5) is 13.2 Å². The summed E-state index contributed by atoms with van der Waals surface area (Å²) in [4.78, 5) is 0. The Balaban J connectivity index is 2.42. The first-order chi connectivity index (χ1) is 9.95. The van der Waals surface area contributed by atoms with Crippen molar-refractivity contribution in [2.75, 3.05) is 6.54 Å². The Morgan fingerprint density at radius 2 is 1.67 bits per heavy atom. The average molecular weight is 360 g/mol. The van der Waals surface area contributed by atoms with Gasteiger partial charge in [0.15, 0.2) is 17.5 Å². The Morgan fingerprint density at radius 1 is 1.10 bits per heavy atom. The summed E-state index contributed by atoms with van der Waals surface area (Å²) in [5.41, 5.74) is 6.32. The quantitative estimate of drug-likeness (QED) is 0.818. The second kappa shape index (κ2) is 6.60. The van der Waals surface area contributed by atoms with Gasteiger partial charge in [0.25, 0.3) is 0 Å². The number of nitrogens with two attached hydrogens (primary N) is 1. The van der Waals surface area contributed by atoms with Gasteiger partial charge in [-0.1, -0.05) is 34.1 Å². The molecule has 2 aromatic carbocycles. The molecule has 0 saturated carbocycles. The number of aliphatic hydroxyl groups is 1. The van der Waals surface area contributed by atoms with Crippen molar-refractivity contribution in [3.8, 4) is 0 Å². The van der Waals surface area contributed by atoms with Crippen molar-refractivity contribution >= 4 is 15.9 Å². The fourth-order valence-corrected chi connectivity index (χ4v) is 2.76. The lowest BCUT2D eigenvalue weighted by Crippen LogP contribution is -2.21. The normalized spacial score (nSPS) is 14.0. The predicted octanol–water partition coefficient (Wildman–Crippen LogP) is 3.64. The monoisotopic (exact) mass is 359 g/mol. The highest BCUT2D eigenvalue weighted by Crippen LogP contribution is 2.35. The summed E-state index contributed by atoms with van der Waals surface area (Å²) < 4.78 is 40.3. The lowest BCUT2D eigenvalue weighted by molar-refractivity contribution is 0.146. The Hall–Kier alpha value is -1.37. The third-order valence-corrected chi connectivity index (χ3v) is 4.01. The minimum atomic E-state index is -1.56. The van der Waals surface area contributed by atoms with Gasteiger partial charge < -0.3 is 10.8 Å². The summed E-state index contributed by atoms with van der Waals surface area (Å²) >= 11 is 3.34. The van der Waals surface area contributed by atoms with Crippen LogP contribution < -0.4 is 5.73 Å². The summed E-state index contributed by atoms with van der Waals surface area (Å²) in [5.74, 6) is -4.82. The Bertz CT molecular complexity index is 628. The topological polar surface area (TPSA) is 46.2 Å². The number of hydrogen-bond acceptors (Lipinski definition) is 2. The number of hydrogen-bond donors (Lipinski definition) is 2. The highest BCUT2D eigenvalue weighted by atomic mass is 79.9. The molecule has 21 heavy (non-hydrogen) atoms. The molecule has 2 nitrogen and oxygen atoms in total.